The van der Waals surface area contributed by atoms with Crippen molar-refractivity contribution >= 4 is 81.7 Å². The lowest BCUT2D eigenvalue weighted by Gasteiger charge is -2.31. The highest BCUT2D eigenvalue weighted by atomic mass is 35.5. The molecule has 2 bridgehead atoms. The van der Waals surface area contributed by atoms with E-state index in [0.717, 1.165) is 78.4 Å². The highest BCUT2D eigenvalue weighted by molar-refractivity contribution is 7.22. The number of benzene rings is 3. The molecular formula is C41H42ClF6N9O2S2. The summed E-state index contributed by atoms with van der Waals surface area (Å²) in [6, 6.07) is 8.29. The number of ether oxygens (including phenoxy) is 2. The molecule has 5 atom stereocenters. The molecule has 7 heterocycles. The van der Waals surface area contributed by atoms with Crippen LogP contribution in [0.3, 0.4) is 0 Å². The fourth-order valence-electron chi connectivity index (χ4n) is 9.75. The van der Waals surface area contributed by atoms with Gasteiger partial charge in [-0.2, -0.15) is 23.1 Å². The Labute approximate surface area is 359 Å². The standard InChI is InChI=1S/C34H37F6N7O2S.C7H5ClN2S/c1-48-11-3-9-42-23-12-18-4-7-24(23)47(18)30-20-13-21(34(38,39)40)25(19-5-6-22(36)29-28(19)43-31(41)50-29)26(37)27(20)44-32(45-30)49-16-33-8-2-10-46(33)15-17(35)14-33;8-4-2-1-3-5-6(4)10-7(9)11-5/h5-6,13,17-18,23-24,42H,2-4,7-12,14-16H2,1H3,(H2,41,43);1-3H,(H2,9,10)/t17-,18-,23?,24+,33+;/m1./s1. The molecule has 0 spiro atoms. The SMILES string of the molecule is COCCCNC1C[C@H]2CC[C@@H]1N2c1nc(OC[C@@]23CCCN2C[C@H](F)C3)nc2c(F)c(-c3ccc(F)c4sc(N)nc34)c(C(F)(F)F)cc12.Nc1nc2c(Cl)cccc2s1. The van der Waals surface area contributed by atoms with E-state index in [1.807, 2.05) is 23.1 Å². The maximum absolute atomic E-state index is 17.1. The summed E-state index contributed by atoms with van der Waals surface area (Å²) < 4.78 is 104. The van der Waals surface area contributed by atoms with E-state index in [1.165, 1.54) is 11.3 Å². The second kappa shape index (κ2) is 16.5. The van der Waals surface area contributed by atoms with Crippen molar-refractivity contribution in [2.24, 2.45) is 0 Å². The number of hydrogen-bond acceptors (Lipinski definition) is 13. The van der Waals surface area contributed by atoms with Crippen LogP contribution in [0.1, 0.15) is 50.5 Å². The summed E-state index contributed by atoms with van der Waals surface area (Å²) in [5.41, 5.74) is 8.71. The quantitative estimate of drug-likeness (QED) is 0.0897. The molecule has 3 aromatic carbocycles. The van der Waals surface area contributed by atoms with Crippen LogP contribution >= 0.6 is 34.3 Å². The Balaban J connectivity index is 0.000000374. The molecule has 4 fully saturated rings. The predicted octanol–water partition coefficient (Wildman–Crippen LogP) is 9.01. The Hall–Kier alpha value is -4.27. The monoisotopic (exact) mass is 905 g/mol. The number of methoxy groups -OCH3 is 1. The summed E-state index contributed by atoms with van der Waals surface area (Å²) >= 11 is 8.07. The average Bonchev–Trinajstić information content (AvgIpc) is 4.07. The number of fused-ring (bicyclic) bond motifs is 6. The van der Waals surface area contributed by atoms with Gasteiger partial charge in [-0.3, -0.25) is 4.90 Å². The minimum absolute atomic E-state index is 0.0414. The van der Waals surface area contributed by atoms with Gasteiger partial charge in [-0.25, -0.2) is 23.1 Å². The lowest BCUT2D eigenvalue weighted by molar-refractivity contribution is -0.137. The van der Waals surface area contributed by atoms with Crippen molar-refractivity contribution in [3.8, 4) is 17.1 Å². The number of nitrogen functional groups attached to an aromatic ring is 2. The molecule has 0 radical (unpaired) electrons. The smallest absolute Gasteiger partial charge is 0.417 e. The van der Waals surface area contributed by atoms with Crippen molar-refractivity contribution in [3.63, 3.8) is 0 Å². The van der Waals surface area contributed by atoms with Gasteiger partial charge in [0.1, 0.15) is 35.4 Å². The van der Waals surface area contributed by atoms with Gasteiger partial charge in [-0.15, -0.1) is 0 Å². The van der Waals surface area contributed by atoms with Crippen molar-refractivity contribution in [1.29, 1.82) is 0 Å². The summed E-state index contributed by atoms with van der Waals surface area (Å²) in [5, 5.41) is 4.61. The van der Waals surface area contributed by atoms with Gasteiger partial charge in [0.2, 0.25) is 0 Å². The number of thiazole rings is 2. The van der Waals surface area contributed by atoms with Gasteiger partial charge in [-0.1, -0.05) is 40.3 Å². The second-order valence-corrected chi connectivity index (χ2v) is 18.5. The van der Waals surface area contributed by atoms with E-state index in [2.05, 4.69) is 25.2 Å². The first-order valence-electron chi connectivity index (χ1n) is 20.0. The van der Waals surface area contributed by atoms with Crippen LogP contribution in [0.4, 0.5) is 42.4 Å². The van der Waals surface area contributed by atoms with Crippen molar-refractivity contribution in [1.82, 2.24) is 30.2 Å². The Morgan fingerprint density at radius 2 is 1.82 bits per heavy atom. The molecule has 61 heavy (non-hydrogen) atoms. The Morgan fingerprint density at radius 1 is 1.02 bits per heavy atom. The van der Waals surface area contributed by atoms with Crippen molar-refractivity contribution in [3.05, 3.63) is 58.6 Å². The van der Waals surface area contributed by atoms with E-state index in [9.17, 15) is 22.0 Å². The first-order valence-corrected chi connectivity index (χ1v) is 22.0. The molecular weight excluding hydrogens is 864 g/mol. The van der Waals surface area contributed by atoms with E-state index in [4.69, 9.17) is 37.5 Å². The van der Waals surface area contributed by atoms with Crippen LogP contribution < -0.4 is 26.4 Å². The number of anilines is 3. The lowest BCUT2D eigenvalue weighted by atomic mass is 9.95. The Morgan fingerprint density at radius 3 is 2.61 bits per heavy atom. The first kappa shape index (κ1) is 42.1. The fraction of sp³-hybridized carbons (Fsp3) is 0.463. The third-order valence-electron chi connectivity index (χ3n) is 12.3. The topological polar surface area (TPSA) is 141 Å². The van der Waals surface area contributed by atoms with E-state index < -0.39 is 40.6 Å². The Bertz CT molecular complexity index is 2620. The number of nitrogens with two attached hydrogens (primary N) is 2. The summed E-state index contributed by atoms with van der Waals surface area (Å²) in [7, 11) is 1.64. The summed E-state index contributed by atoms with van der Waals surface area (Å²) in [6.45, 7) is 2.38. The van der Waals surface area contributed by atoms with Gasteiger partial charge in [0, 0.05) is 61.3 Å². The van der Waals surface area contributed by atoms with Crippen LogP contribution in [-0.2, 0) is 10.9 Å². The number of para-hydroxylation sites is 1. The molecule has 3 aromatic heterocycles. The number of nitrogens with one attached hydrogen (secondary N) is 1. The molecule has 11 nitrogen and oxygen atoms in total. The molecule has 4 aliphatic heterocycles. The third kappa shape index (κ3) is 7.79. The summed E-state index contributed by atoms with van der Waals surface area (Å²) in [5.74, 6) is -1.83. The number of aromatic nitrogens is 4. The normalized spacial score (nSPS) is 23.7. The molecule has 324 valence electrons. The fourth-order valence-corrected chi connectivity index (χ4v) is 11.6. The second-order valence-electron chi connectivity index (χ2n) is 16.0. The number of alkyl halides is 4. The minimum Gasteiger partial charge on any atom is -0.461 e. The molecule has 6 aromatic rings. The van der Waals surface area contributed by atoms with Gasteiger partial charge in [0.25, 0.3) is 0 Å². The molecule has 0 saturated carbocycles. The molecule has 4 aliphatic rings. The summed E-state index contributed by atoms with van der Waals surface area (Å²) in [4.78, 5) is 21.3. The van der Waals surface area contributed by atoms with Crippen LogP contribution in [0.15, 0.2) is 36.4 Å². The maximum Gasteiger partial charge on any atom is 0.417 e. The molecule has 0 amide bonds. The zero-order valence-electron chi connectivity index (χ0n) is 32.9. The van der Waals surface area contributed by atoms with E-state index in [0.29, 0.717) is 36.3 Å². The van der Waals surface area contributed by atoms with E-state index >= 15 is 4.39 Å². The number of nitrogens with zero attached hydrogens (tertiary/aromatic N) is 6. The van der Waals surface area contributed by atoms with Crippen LogP contribution in [0.5, 0.6) is 6.01 Å². The van der Waals surface area contributed by atoms with Gasteiger partial charge >= 0.3 is 12.2 Å². The molecule has 4 saturated heterocycles. The van der Waals surface area contributed by atoms with E-state index in [1.54, 1.807) is 7.11 Å². The summed E-state index contributed by atoms with van der Waals surface area (Å²) in [6.07, 6.45) is -1.04. The lowest BCUT2D eigenvalue weighted by Crippen LogP contribution is -2.43. The molecule has 10 rings (SSSR count). The number of hydrogen-bond donors (Lipinski definition) is 3. The Kier molecular flexibility index (Phi) is 11.3. The van der Waals surface area contributed by atoms with Gasteiger partial charge in [0.15, 0.2) is 16.1 Å². The van der Waals surface area contributed by atoms with Crippen LogP contribution in [0, 0.1) is 11.6 Å². The maximum atomic E-state index is 17.1. The molecule has 20 heteroatoms. The third-order valence-corrected chi connectivity index (χ3v) is 14.4. The highest BCUT2D eigenvalue weighted by Gasteiger charge is 2.50. The highest BCUT2D eigenvalue weighted by Crippen LogP contribution is 2.49. The van der Waals surface area contributed by atoms with Crippen LogP contribution in [0.2, 0.25) is 5.02 Å². The average molecular weight is 906 g/mol. The minimum atomic E-state index is -5.01. The van der Waals surface area contributed by atoms with E-state index in [-0.39, 0.29) is 74.8 Å². The number of rotatable bonds is 10. The van der Waals surface area contributed by atoms with Gasteiger partial charge in [-0.05, 0) is 81.9 Å². The first-order chi connectivity index (χ1) is 29.2. The van der Waals surface area contributed by atoms with Gasteiger partial charge in [0.05, 0.1) is 31.0 Å². The van der Waals surface area contributed by atoms with Crippen LogP contribution in [0.25, 0.3) is 42.5 Å². The van der Waals surface area contributed by atoms with Crippen LogP contribution in [-0.4, -0.2) is 94.6 Å². The van der Waals surface area contributed by atoms with Crippen molar-refractivity contribution in [2.45, 2.75) is 81.0 Å². The van der Waals surface area contributed by atoms with Gasteiger partial charge < -0.3 is 31.2 Å². The van der Waals surface area contributed by atoms with Crippen molar-refractivity contribution in [2.75, 3.05) is 56.3 Å². The van der Waals surface area contributed by atoms with Crippen molar-refractivity contribution < 1.29 is 35.8 Å². The molecule has 5 N–H and O–H groups in total. The molecule has 0 aliphatic carbocycles. The molecule has 1 unspecified atom stereocenters. The number of halogens is 7. The predicted molar refractivity (Wildman–Crippen MR) is 227 cm³/mol. The zero-order chi connectivity index (χ0) is 42.8. The largest absolute Gasteiger partial charge is 0.461 e. The zero-order valence-corrected chi connectivity index (χ0v) is 35.3.